The van der Waals surface area contributed by atoms with Crippen molar-refractivity contribution in [1.82, 2.24) is 19.7 Å². The van der Waals surface area contributed by atoms with Gasteiger partial charge in [0.05, 0.1) is 19.1 Å². The van der Waals surface area contributed by atoms with Gasteiger partial charge in [0.2, 0.25) is 5.91 Å². The van der Waals surface area contributed by atoms with Crippen LogP contribution in [-0.2, 0) is 30.3 Å². The third kappa shape index (κ3) is 16.6. The molecule has 1 aromatic heterocycles. The molecule has 0 saturated carbocycles. The normalized spacial score (nSPS) is 20.0. The van der Waals surface area contributed by atoms with Crippen molar-refractivity contribution in [1.29, 1.82) is 0 Å². The monoisotopic (exact) mass is 700 g/mol. The van der Waals surface area contributed by atoms with E-state index >= 15 is 0 Å². The van der Waals surface area contributed by atoms with Crippen LogP contribution in [-0.4, -0.2) is 142 Å². The van der Waals surface area contributed by atoms with Crippen molar-refractivity contribution in [3.8, 4) is 0 Å². The van der Waals surface area contributed by atoms with Gasteiger partial charge < -0.3 is 29.9 Å². The highest BCUT2D eigenvalue weighted by Gasteiger charge is 2.40. The summed E-state index contributed by atoms with van der Waals surface area (Å²) in [6.07, 6.45) is -9.05. The van der Waals surface area contributed by atoms with Gasteiger partial charge in [0.1, 0.15) is 0 Å². The van der Waals surface area contributed by atoms with Gasteiger partial charge in [-0.05, 0) is 44.5 Å². The standard InChI is InChI=1S/C20H30N4O2.3C2HF3O2/c25-20(13-17-5-1-2-6-21-17)24-10-9-23-16-19(14-18(23)15-24)26-12-11-22-7-3-4-8-22;3*3-2(4,5)1(6)7/h1-2,5-6,18-19H,3-4,7-16H2;3*(H,6,7)/t18-,19+;;;/m0.../s1. The SMILES string of the molecule is O=C(Cc1ccccn1)N1CCN2C[C@H](OCCN3CCCC3)C[C@H]2C1.O=C(O)C(F)(F)F.O=C(O)C(F)(F)F.O=C(O)C(F)(F)F. The molecule has 3 aliphatic rings. The molecule has 3 saturated heterocycles. The topological polar surface area (TPSA) is 161 Å². The smallest absolute Gasteiger partial charge is 0.475 e. The minimum Gasteiger partial charge on any atom is -0.475 e. The lowest BCUT2D eigenvalue weighted by atomic mass is 10.1. The fraction of sp³-hybridized carbons (Fsp3) is 0.654. The minimum absolute atomic E-state index is 0.196. The van der Waals surface area contributed by atoms with Gasteiger partial charge >= 0.3 is 36.4 Å². The lowest BCUT2D eigenvalue weighted by Crippen LogP contribution is -2.52. The van der Waals surface area contributed by atoms with E-state index < -0.39 is 36.4 Å². The number of carboxylic acid groups (broad SMARTS) is 3. The molecule has 0 unspecified atom stereocenters. The van der Waals surface area contributed by atoms with Crippen molar-refractivity contribution >= 4 is 23.8 Å². The zero-order valence-electron chi connectivity index (χ0n) is 24.5. The Balaban J connectivity index is 0.000000430. The number of ether oxygens (including phenoxy) is 1. The lowest BCUT2D eigenvalue weighted by molar-refractivity contribution is -0.193. The number of carbonyl (C=O) groups is 4. The van der Waals surface area contributed by atoms with Gasteiger partial charge in [0, 0.05) is 50.7 Å². The van der Waals surface area contributed by atoms with Gasteiger partial charge in [-0.1, -0.05) is 6.07 Å². The fourth-order valence-corrected chi connectivity index (χ4v) is 4.47. The van der Waals surface area contributed by atoms with Gasteiger partial charge in [-0.3, -0.25) is 14.7 Å². The van der Waals surface area contributed by atoms with E-state index in [0.29, 0.717) is 18.6 Å². The maximum absolute atomic E-state index is 12.6. The molecule has 268 valence electrons. The van der Waals surface area contributed by atoms with E-state index in [1.807, 2.05) is 23.1 Å². The third-order valence-corrected chi connectivity index (χ3v) is 6.68. The van der Waals surface area contributed by atoms with E-state index in [2.05, 4.69) is 14.8 Å². The fourth-order valence-electron chi connectivity index (χ4n) is 4.47. The molecular formula is C26H33F9N4O8. The number of alkyl halides is 9. The molecule has 0 spiro atoms. The van der Waals surface area contributed by atoms with Gasteiger partial charge in [0.25, 0.3) is 0 Å². The average Bonchev–Trinajstić information content (AvgIpc) is 3.62. The number of aliphatic carboxylic acids is 3. The second-order valence-corrected chi connectivity index (χ2v) is 10.2. The second kappa shape index (κ2) is 18.6. The average molecular weight is 701 g/mol. The van der Waals surface area contributed by atoms with Crippen LogP contribution in [0.3, 0.4) is 0 Å². The molecule has 1 amide bonds. The summed E-state index contributed by atoms with van der Waals surface area (Å²) in [5.41, 5.74) is 0.856. The number of carbonyl (C=O) groups excluding carboxylic acids is 1. The molecule has 0 bridgehead atoms. The van der Waals surface area contributed by atoms with Gasteiger partial charge in [-0.15, -0.1) is 0 Å². The van der Waals surface area contributed by atoms with Crippen LogP contribution in [0.4, 0.5) is 39.5 Å². The Labute approximate surface area is 261 Å². The quantitative estimate of drug-likeness (QED) is 0.375. The first kappa shape index (κ1) is 41.3. The molecular weight excluding hydrogens is 667 g/mol. The molecule has 3 fully saturated rings. The molecule has 47 heavy (non-hydrogen) atoms. The molecule has 3 N–H and O–H groups in total. The zero-order chi connectivity index (χ0) is 36.0. The number of fused-ring (bicyclic) bond motifs is 1. The van der Waals surface area contributed by atoms with E-state index in [-0.39, 0.29) is 5.91 Å². The first-order valence-corrected chi connectivity index (χ1v) is 13.8. The molecule has 3 aliphatic heterocycles. The molecule has 2 atom stereocenters. The molecule has 0 aliphatic carbocycles. The first-order valence-electron chi connectivity index (χ1n) is 13.8. The highest BCUT2D eigenvalue weighted by Crippen LogP contribution is 2.25. The maximum Gasteiger partial charge on any atom is 0.490 e. The summed E-state index contributed by atoms with van der Waals surface area (Å²) in [5.74, 6) is -8.07. The molecule has 4 heterocycles. The van der Waals surface area contributed by atoms with E-state index in [0.717, 1.165) is 51.4 Å². The number of hydrogen-bond acceptors (Lipinski definition) is 8. The van der Waals surface area contributed by atoms with Gasteiger partial charge in [0.15, 0.2) is 0 Å². The number of halogens is 9. The van der Waals surface area contributed by atoms with Crippen LogP contribution in [0, 0.1) is 0 Å². The van der Waals surface area contributed by atoms with Crippen molar-refractivity contribution < 1.29 is 78.7 Å². The van der Waals surface area contributed by atoms with E-state index in [4.69, 9.17) is 34.4 Å². The summed E-state index contributed by atoms with van der Waals surface area (Å²) in [6.45, 7) is 8.01. The van der Waals surface area contributed by atoms with Crippen LogP contribution in [0.1, 0.15) is 25.0 Å². The molecule has 4 rings (SSSR count). The third-order valence-electron chi connectivity index (χ3n) is 6.68. The van der Waals surface area contributed by atoms with Crippen molar-refractivity contribution in [3.05, 3.63) is 30.1 Å². The Morgan fingerprint density at radius 1 is 0.787 bits per heavy atom. The molecule has 21 heteroatoms. The molecule has 0 aromatic carbocycles. The number of piperazine rings is 1. The largest absolute Gasteiger partial charge is 0.490 e. The Hall–Kier alpha value is -3.72. The van der Waals surface area contributed by atoms with Gasteiger partial charge in [-0.2, -0.15) is 39.5 Å². The predicted molar refractivity (Wildman–Crippen MR) is 141 cm³/mol. The lowest BCUT2D eigenvalue weighted by Gasteiger charge is -2.37. The highest BCUT2D eigenvalue weighted by atomic mass is 19.4. The summed E-state index contributed by atoms with van der Waals surface area (Å²) in [4.78, 5) is 50.6. The van der Waals surface area contributed by atoms with Crippen LogP contribution < -0.4 is 0 Å². The minimum atomic E-state index is -5.08. The van der Waals surface area contributed by atoms with Crippen LogP contribution in [0.25, 0.3) is 0 Å². The molecule has 12 nitrogen and oxygen atoms in total. The van der Waals surface area contributed by atoms with E-state index in [1.54, 1.807) is 6.20 Å². The van der Waals surface area contributed by atoms with Crippen LogP contribution in [0.2, 0.25) is 0 Å². The summed E-state index contributed by atoms with van der Waals surface area (Å²) < 4.78 is 101. The van der Waals surface area contributed by atoms with Crippen LogP contribution in [0.5, 0.6) is 0 Å². The second-order valence-electron chi connectivity index (χ2n) is 10.2. The number of aromatic nitrogens is 1. The number of likely N-dealkylation sites (tertiary alicyclic amines) is 1. The van der Waals surface area contributed by atoms with Crippen LogP contribution in [0.15, 0.2) is 24.4 Å². The van der Waals surface area contributed by atoms with Crippen molar-refractivity contribution in [2.45, 2.75) is 56.4 Å². The predicted octanol–water partition coefficient (Wildman–Crippen LogP) is 2.92. The van der Waals surface area contributed by atoms with Crippen molar-refractivity contribution in [2.75, 3.05) is 52.4 Å². The van der Waals surface area contributed by atoms with Crippen molar-refractivity contribution in [2.24, 2.45) is 0 Å². The number of rotatable bonds is 6. The van der Waals surface area contributed by atoms with Crippen molar-refractivity contribution in [3.63, 3.8) is 0 Å². The summed E-state index contributed by atoms with van der Waals surface area (Å²) >= 11 is 0. The maximum atomic E-state index is 12.6. The Morgan fingerprint density at radius 3 is 1.74 bits per heavy atom. The summed E-state index contributed by atoms with van der Waals surface area (Å²) in [6, 6.07) is 6.20. The summed E-state index contributed by atoms with van der Waals surface area (Å²) in [7, 11) is 0. The number of pyridine rings is 1. The molecule has 0 radical (unpaired) electrons. The Kier molecular flexibility index (Phi) is 16.3. The number of hydrogen-bond donors (Lipinski definition) is 3. The number of amides is 1. The Bertz CT molecular complexity index is 1090. The highest BCUT2D eigenvalue weighted by molar-refractivity contribution is 5.78. The van der Waals surface area contributed by atoms with E-state index in [1.165, 1.54) is 25.9 Å². The molecule has 1 aromatic rings. The number of carboxylic acids is 3. The summed E-state index contributed by atoms with van der Waals surface area (Å²) in [5, 5.41) is 21.4. The van der Waals surface area contributed by atoms with Crippen LogP contribution >= 0.6 is 0 Å². The zero-order valence-corrected chi connectivity index (χ0v) is 24.5. The van der Waals surface area contributed by atoms with E-state index in [9.17, 15) is 44.3 Å². The number of nitrogens with zero attached hydrogens (tertiary/aromatic N) is 4. The first-order chi connectivity index (χ1) is 21.6. The Morgan fingerprint density at radius 2 is 1.30 bits per heavy atom. The van der Waals surface area contributed by atoms with Gasteiger partial charge in [-0.25, -0.2) is 14.4 Å².